The van der Waals surface area contributed by atoms with E-state index in [1.165, 1.54) is 0 Å². The van der Waals surface area contributed by atoms with E-state index in [4.69, 9.17) is 11.6 Å². The normalized spacial score (nSPS) is 21.2. The number of aliphatic hydroxyl groups excluding tert-OH is 1. The summed E-state index contributed by atoms with van der Waals surface area (Å²) in [6.45, 7) is 2.92. The van der Waals surface area contributed by atoms with Gasteiger partial charge in [-0.25, -0.2) is 9.97 Å². The van der Waals surface area contributed by atoms with E-state index in [1.807, 2.05) is 6.92 Å². The molecule has 1 N–H and O–H groups in total. The first-order chi connectivity index (χ1) is 7.72. The quantitative estimate of drug-likeness (QED) is 0.802. The highest BCUT2D eigenvalue weighted by molar-refractivity contribution is 6.30. The highest BCUT2D eigenvalue weighted by Gasteiger charge is 2.24. The molecule has 2 rings (SSSR count). The van der Waals surface area contributed by atoms with Gasteiger partial charge in [-0.2, -0.15) is 0 Å². The van der Waals surface area contributed by atoms with Crippen molar-refractivity contribution in [2.75, 3.05) is 18.1 Å². The van der Waals surface area contributed by atoms with Gasteiger partial charge in [-0.1, -0.05) is 11.6 Å². The molecule has 1 aliphatic rings. The predicted octanol–water partition coefficient (Wildman–Crippen LogP) is 1.79. The molecular formula is C11H16ClN3O. The van der Waals surface area contributed by atoms with Gasteiger partial charge in [-0.15, -0.1) is 0 Å². The summed E-state index contributed by atoms with van der Waals surface area (Å²) in [5.74, 6) is 0.634. The first-order valence-corrected chi connectivity index (χ1v) is 5.97. The van der Waals surface area contributed by atoms with E-state index < -0.39 is 0 Å². The van der Waals surface area contributed by atoms with Crippen LogP contribution in [-0.4, -0.2) is 34.3 Å². The minimum atomic E-state index is 0.132. The van der Waals surface area contributed by atoms with E-state index >= 15 is 0 Å². The van der Waals surface area contributed by atoms with Gasteiger partial charge in [0.25, 0.3) is 0 Å². The second kappa shape index (κ2) is 4.97. The fourth-order valence-electron chi connectivity index (χ4n) is 2.00. The fourth-order valence-corrected chi connectivity index (χ4v) is 2.13. The summed E-state index contributed by atoms with van der Waals surface area (Å²) in [7, 11) is 0. The molecule has 0 aromatic carbocycles. The van der Waals surface area contributed by atoms with E-state index in [2.05, 4.69) is 14.9 Å². The van der Waals surface area contributed by atoms with Gasteiger partial charge in [-0.05, 0) is 26.2 Å². The van der Waals surface area contributed by atoms with Crippen LogP contribution in [-0.2, 0) is 0 Å². The number of hydrogen-bond acceptors (Lipinski definition) is 4. The number of nitrogens with zero attached hydrogens (tertiary/aromatic N) is 3. The number of piperidine rings is 1. The van der Waals surface area contributed by atoms with Crippen LogP contribution in [0.4, 0.5) is 5.95 Å². The minimum absolute atomic E-state index is 0.132. The first kappa shape index (κ1) is 11.6. The van der Waals surface area contributed by atoms with Crippen LogP contribution >= 0.6 is 11.6 Å². The maximum Gasteiger partial charge on any atom is 0.227 e. The summed E-state index contributed by atoms with van der Waals surface area (Å²) in [5, 5.41) is 9.81. The van der Waals surface area contributed by atoms with E-state index in [-0.39, 0.29) is 12.6 Å². The number of rotatable bonds is 2. The molecule has 0 unspecified atom stereocenters. The van der Waals surface area contributed by atoms with Crippen molar-refractivity contribution in [3.8, 4) is 0 Å². The number of aliphatic hydroxyl groups is 1. The average molecular weight is 242 g/mol. The molecule has 2 heterocycles. The molecule has 0 aliphatic carbocycles. The van der Waals surface area contributed by atoms with Gasteiger partial charge in [0.2, 0.25) is 5.95 Å². The molecule has 1 aliphatic heterocycles. The lowest BCUT2D eigenvalue weighted by Gasteiger charge is -2.34. The van der Waals surface area contributed by atoms with Crippen LogP contribution in [0.15, 0.2) is 6.20 Å². The molecule has 1 atom stereocenters. The smallest absolute Gasteiger partial charge is 0.227 e. The number of halogens is 1. The van der Waals surface area contributed by atoms with E-state index in [0.717, 1.165) is 31.4 Å². The van der Waals surface area contributed by atoms with Crippen LogP contribution in [0.3, 0.4) is 0 Å². The van der Waals surface area contributed by atoms with Crippen LogP contribution in [0.1, 0.15) is 24.8 Å². The highest BCUT2D eigenvalue weighted by atomic mass is 35.5. The predicted molar refractivity (Wildman–Crippen MR) is 63.8 cm³/mol. The van der Waals surface area contributed by atoms with Crippen molar-refractivity contribution in [2.24, 2.45) is 0 Å². The summed E-state index contributed by atoms with van der Waals surface area (Å²) in [5.41, 5.74) is 0.878. The van der Waals surface area contributed by atoms with Crippen molar-refractivity contribution in [3.05, 3.63) is 16.9 Å². The van der Waals surface area contributed by atoms with Crippen molar-refractivity contribution in [1.82, 2.24) is 9.97 Å². The number of aromatic nitrogens is 2. The van der Waals surface area contributed by atoms with Crippen LogP contribution in [0.25, 0.3) is 0 Å². The van der Waals surface area contributed by atoms with Crippen molar-refractivity contribution < 1.29 is 5.11 Å². The Hall–Kier alpha value is -0.870. The molecular weight excluding hydrogens is 226 g/mol. The number of aryl methyl sites for hydroxylation is 1. The highest BCUT2D eigenvalue weighted by Crippen LogP contribution is 2.23. The number of hydrogen-bond donors (Lipinski definition) is 1. The molecule has 0 radical (unpaired) electrons. The van der Waals surface area contributed by atoms with Crippen LogP contribution in [0.2, 0.25) is 5.15 Å². The van der Waals surface area contributed by atoms with Gasteiger partial charge in [0.1, 0.15) is 5.15 Å². The molecule has 0 spiro atoms. The van der Waals surface area contributed by atoms with Gasteiger partial charge in [0, 0.05) is 18.3 Å². The molecule has 0 bridgehead atoms. The molecule has 0 amide bonds. The number of anilines is 1. The van der Waals surface area contributed by atoms with Gasteiger partial charge in [-0.3, -0.25) is 0 Å². The van der Waals surface area contributed by atoms with Gasteiger partial charge in [0.15, 0.2) is 0 Å². The second-order valence-corrected chi connectivity index (χ2v) is 4.53. The average Bonchev–Trinajstić information content (AvgIpc) is 2.32. The Labute approximate surface area is 100 Å². The van der Waals surface area contributed by atoms with Gasteiger partial charge >= 0.3 is 0 Å². The third-order valence-corrected chi connectivity index (χ3v) is 3.37. The standard InChI is InChI=1S/C11H16ClN3O/c1-8-6-13-11(14-10(8)12)15-5-3-2-4-9(15)7-16/h6,9,16H,2-5,7H2,1H3/t9-/m1/s1. The Morgan fingerprint density at radius 1 is 1.56 bits per heavy atom. The lowest BCUT2D eigenvalue weighted by atomic mass is 10.0. The summed E-state index contributed by atoms with van der Waals surface area (Å²) in [4.78, 5) is 10.6. The second-order valence-electron chi connectivity index (χ2n) is 4.17. The topological polar surface area (TPSA) is 49.2 Å². The largest absolute Gasteiger partial charge is 0.394 e. The van der Waals surface area contributed by atoms with E-state index in [9.17, 15) is 5.11 Å². The minimum Gasteiger partial charge on any atom is -0.394 e. The lowest BCUT2D eigenvalue weighted by Crippen LogP contribution is -2.42. The van der Waals surface area contributed by atoms with Crippen molar-refractivity contribution >= 4 is 17.5 Å². The zero-order valence-electron chi connectivity index (χ0n) is 9.36. The summed E-state index contributed by atoms with van der Waals surface area (Å²) in [6.07, 6.45) is 4.99. The maximum absolute atomic E-state index is 9.32. The summed E-state index contributed by atoms with van der Waals surface area (Å²) in [6, 6.07) is 0.132. The van der Waals surface area contributed by atoms with Gasteiger partial charge in [0.05, 0.1) is 12.6 Å². The molecule has 1 saturated heterocycles. The molecule has 88 valence electrons. The Kier molecular flexibility index (Phi) is 3.61. The van der Waals surface area contributed by atoms with E-state index in [0.29, 0.717) is 11.1 Å². The molecule has 16 heavy (non-hydrogen) atoms. The van der Waals surface area contributed by atoms with Crippen LogP contribution < -0.4 is 4.90 Å². The molecule has 1 fully saturated rings. The third kappa shape index (κ3) is 2.28. The molecule has 4 nitrogen and oxygen atoms in total. The maximum atomic E-state index is 9.32. The van der Waals surface area contributed by atoms with E-state index in [1.54, 1.807) is 6.20 Å². The molecule has 0 saturated carbocycles. The third-order valence-electron chi connectivity index (χ3n) is 2.99. The van der Waals surface area contributed by atoms with Crippen molar-refractivity contribution in [2.45, 2.75) is 32.2 Å². The Morgan fingerprint density at radius 2 is 2.38 bits per heavy atom. The lowest BCUT2D eigenvalue weighted by molar-refractivity contribution is 0.239. The van der Waals surface area contributed by atoms with Crippen LogP contribution in [0.5, 0.6) is 0 Å². The molecule has 5 heteroatoms. The Morgan fingerprint density at radius 3 is 3.06 bits per heavy atom. The van der Waals surface area contributed by atoms with Crippen LogP contribution in [0, 0.1) is 6.92 Å². The Balaban J connectivity index is 2.23. The van der Waals surface area contributed by atoms with Gasteiger partial charge < -0.3 is 10.0 Å². The SMILES string of the molecule is Cc1cnc(N2CCCC[C@@H]2CO)nc1Cl. The Bertz CT molecular complexity index is 372. The zero-order chi connectivity index (χ0) is 11.5. The first-order valence-electron chi connectivity index (χ1n) is 5.59. The summed E-state index contributed by atoms with van der Waals surface area (Å²) >= 11 is 5.98. The summed E-state index contributed by atoms with van der Waals surface area (Å²) < 4.78 is 0. The molecule has 1 aromatic rings. The van der Waals surface area contributed by atoms with Crippen molar-refractivity contribution in [1.29, 1.82) is 0 Å². The zero-order valence-corrected chi connectivity index (χ0v) is 10.1. The monoisotopic (exact) mass is 241 g/mol. The fraction of sp³-hybridized carbons (Fsp3) is 0.636. The van der Waals surface area contributed by atoms with Crippen molar-refractivity contribution in [3.63, 3.8) is 0 Å². The molecule has 1 aromatic heterocycles.